The third-order valence-electron chi connectivity index (χ3n) is 4.62. The zero-order valence-corrected chi connectivity index (χ0v) is 17.0. The van der Waals surface area contributed by atoms with Gasteiger partial charge in [-0.1, -0.05) is 6.92 Å². The Morgan fingerprint density at radius 1 is 1.00 bits per heavy atom. The molecule has 0 saturated heterocycles. The third kappa shape index (κ3) is 4.05. The lowest BCUT2D eigenvalue weighted by molar-refractivity contribution is -0.141. The van der Waals surface area contributed by atoms with E-state index in [1.54, 1.807) is 0 Å². The zero-order chi connectivity index (χ0) is 23.3. The normalized spacial score (nSPS) is 12.4. The molecule has 4 aromatic rings. The molecule has 0 fully saturated rings. The van der Waals surface area contributed by atoms with Crippen molar-refractivity contribution < 1.29 is 30.4 Å². The molecule has 0 amide bonds. The fraction of sp³-hybridized carbons (Fsp3) is 0.150. The summed E-state index contributed by atoms with van der Waals surface area (Å²) < 4.78 is 92.4. The van der Waals surface area contributed by atoms with Gasteiger partial charge in [-0.05, 0) is 29.8 Å². The van der Waals surface area contributed by atoms with Gasteiger partial charge in [0.05, 0.1) is 16.3 Å². The van der Waals surface area contributed by atoms with Crippen molar-refractivity contribution in [2.24, 2.45) is 0 Å². The highest BCUT2D eigenvalue weighted by atomic mass is 32.2. The summed E-state index contributed by atoms with van der Waals surface area (Å²) in [6, 6.07) is 5.93. The highest BCUT2D eigenvalue weighted by Gasteiger charge is 2.34. The number of alkyl halides is 3. The molecule has 0 radical (unpaired) electrons. The Morgan fingerprint density at radius 3 is 2.31 bits per heavy atom. The van der Waals surface area contributed by atoms with E-state index in [4.69, 9.17) is 0 Å². The lowest BCUT2D eigenvalue weighted by Gasteiger charge is -2.11. The van der Waals surface area contributed by atoms with Crippen LogP contribution in [-0.2, 0) is 16.0 Å². The topological polar surface area (TPSA) is 77.2 Å². The molecule has 6 nitrogen and oxygen atoms in total. The Balaban J connectivity index is 1.90. The van der Waals surface area contributed by atoms with Gasteiger partial charge < -0.3 is 0 Å². The molecule has 0 N–H and O–H groups in total. The molecular formula is C20H13F5N4O2S. The molecule has 12 heteroatoms. The number of nitrogens with zero attached hydrogens (tertiary/aromatic N) is 4. The number of halogens is 5. The van der Waals surface area contributed by atoms with E-state index in [1.807, 2.05) is 0 Å². The minimum Gasteiger partial charge on any atom is -0.253 e. The van der Waals surface area contributed by atoms with Crippen LogP contribution >= 0.6 is 0 Å². The predicted molar refractivity (Wildman–Crippen MR) is 104 cm³/mol. The van der Waals surface area contributed by atoms with Gasteiger partial charge in [0.15, 0.2) is 21.2 Å². The maximum Gasteiger partial charge on any atom is 0.435 e. The Morgan fingerprint density at radius 2 is 1.69 bits per heavy atom. The van der Waals surface area contributed by atoms with Crippen LogP contribution in [-0.4, -0.2) is 33.8 Å². The van der Waals surface area contributed by atoms with Crippen LogP contribution in [0.1, 0.15) is 12.6 Å². The Labute approximate surface area is 178 Å². The quantitative estimate of drug-likeness (QED) is 0.411. The molecule has 0 aliphatic rings. The van der Waals surface area contributed by atoms with Crippen molar-refractivity contribution in [1.82, 2.24) is 19.6 Å². The van der Waals surface area contributed by atoms with E-state index in [1.165, 1.54) is 31.5 Å². The van der Waals surface area contributed by atoms with E-state index in [2.05, 4.69) is 15.1 Å². The summed E-state index contributed by atoms with van der Waals surface area (Å²) in [6.45, 7) is 1.40. The van der Waals surface area contributed by atoms with E-state index >= 15 is 0 Å². The Bertz CT molecular complexity index is 1430. The van der Waals surface area contributed by atoms with Crippen LogP contribution in [0.4, 0.5) is 22.0 Å². The van der Waals surface area contributed by atoms with E-state index < -0.39 is 33.3 Å². The molecule has 0 saturated carbocycles. The van der Waals surface area contributed by atoms with Crippen LogP contribution in [0.5, 0.6) is 0 Å². The molecule has 0 atom stereocenters. The van der Waals surface area contributed by atoms with Gasteiger partial charge in [0.25, 0.3) is 0 Å². The molecule has 0 spiro atoms. The molecule has 3 aromatic heterocycles. The van der Waals surface area contributed by atoms with Crippen LogP contribution in [0.25, 0.3) is 28.2 Å². The minimum atomic E-state index is -4.68. The van der Waals surface area contributed by atoms with Gasteiger partial charge in [-0.25, -0.2) is 26.7 Å². The van der Waals surface area contributed by atoms with Crippen molar-refractivity contribution in [2.45, 2.75) is 18.0 Å². The van der Waals surface area contributed by atoms with E-state index in [-0.39, 0.29) is 38.8 Å². The molecule has 3 heterocycles. The Hall–Kier alpha value is -3.41. The highest BCUT2D eigenvalue weighted by molar-refractivity contribution is 7.91. The minimum absolute atomic E-state index is 0.00452. The second-order valence-electron chi connectivity index (χ2n) is 6.78. The van der Waals surface area contributed by atoms with E-state index in [0.29, 0.717) is 6.07 Å². The van der Waals surface area contributed by atoms with Crippen molar-refractivity contribution in [3.8, 4) is 22.5 Å². The van der Waals surface area contributed by atoms with Crippen molar-refractivity contribution >= 4 is 15.5 Å². The maximum atomic E-state index is 13.6. The van der Waals surface area contributed by atoms with Crippen LogP contribution < -0.4 is 0 Å². The van der Waals surface area contributed by atoms with E-state index in [9.17, 15) is 30.4 Å². The average molecular weight is 468 g/mol. The first-order chi connectivity index (χ1) is 15.0. The van der Waals surface area contributed by atoms with Crippen LogP contribution in [0.2, 0.25) is 0 Å². The summed E-state index contributed by atoms with van der Waals surface area (Å²) in [5.41, 5.74) is -1.21. The fourth-order valence-corrected chi connectivity index (χ4v) is 4.13. The van der Waals surface area contributed by atoms with Gasteiger partial charge in [-0.3, -0.25) is 4.98 Å². The SMILES string of the molecule is CCS(=O)(=O)c1cc(-c2cc(F)cc(F)c2)cnc1-c1ccn2nc(C(F)(F)F)cc2n1. The standard InChI is InChI=1S/C20H13F5N4O2S/c1-2-32(30,31)16-7-12(11-5-13(21)8-14(22)6-11)10-26-19(16)15-3-4-29-18(27-15)9-17(28-29)20(23,24)25/h3-10H,2H2,1H3. The molecular weight excluding hydrogens is 455 g/mol. The largest absolute Gasteiger partial charge is 0.435 e. The predicted octanol–water partition coefficient (Wildman–Crippen LogP) is 4.55. The molecule has 0 unspecified atom stereocenters. The molecule has 0 aliphatic heterocycles. The second-order valence-corrected chi connectivity index (χ2v) is 9.02. The summed E-state index contributed by atoms with van der Waals surface area (Å²) in [4.78, 5) is 7.93. The van der Waals surface area contributed by atoms with Crippen molar-refractivity contribution in [2.75, 3.05) is 5.75 Å². The van der Waals surface area contributed by atoms with Crippen molar-refractivity contribution in [1.29, 1.82) is 0 Å². The van der Waals surface area contributed by atoms with Crippen LogP contribution in [0.15, 0.2) is 53.7 Å². The lowest BCUT2D eigenvalue weighted by Crippen LogP contribution is -2.08. The first-order valence-electron chi connectivity index (χ1n) is 9.11. The van der Waals surface area contributed by atoms with Gasteiger partial charge in [0.2, 0.25) is 0 Å². The number of sulfone groups is 1. The second kappa shape index (κ2) is 7.62. The van der Waals surface area contributed by atoms with E-state index in [0.717, 1.165) is 22.7 Å². The summed E-state index contributed by atoms with van der Waals surface area (Å²) in [7, 11) is -3.89. The summed E-state index contributed by atoms with van der Waals surface area (Å²) in [5.74, 6) is -2.01. The molecule has 4 rings (SSSR count). The number of hydrogen-bond acceptors (Lipinski definition) is 5. The van der Waals surface area contributed by atoms with Gasteiger partial charge in [-0.2, -0.15) is 18.3 Å². The first kappa shape index (κ1) is 21.8. The zero-order valence-electron chi connectivity index (χ0n) is 16.2. The smallest absolute Gasteiger partial charge is 0.253 e. The maximum absolute atomic E-state index is 13.6. The average Bonchev–Trinajstić information content (AvgIpc) is 3.16. The number of pyridine rings is 1. The molecule has 166 valence electrons. The monoisotopic (exact) mass is 468 g/mol. The van der Waals surface area contributed by atoms with Crippen molar-refractivity contribution in [3.63, 3.8) is 0 Å². The number of rotatable bonds is 4. The molecule has 1 aromatic carbocycles. The van der Waals surface area contributed by atoms with Gasteiger partial charge in [0, 0.05) is 30.1 Å². The first-order valence-corrected chi connectivity index (χ1v) is 10.8. The van der Waals surface area contributed by atoms with Crippen molar-refractivity contribution in [3.05, 3.63) is 66.1 Å². The molecule has 32 heavy (non-hydrogen) atoms. The summed E-state index contributed by atoms with van der Waals surface area (Å²) in [6.07, 6.45) is -2.26. The van der Waals surface area contributed by atoms with Gasteiger partial charge in [-0.15, -0.1) is 0 Å². The summed E-state index contributed by atoms with van der Waals surface area (Å²) >= 11 is 0. The number of hydrogen-bond donors (Lipinski definition) is 0. The fourth-order valence-electron chi connectivity index (χ4n) is 3.06. The van der Waals surface area contributed by atoms with Crippen LogP contribution in [0.3, 0.4) is 0 Å². The number of fused-ring (bicyclic) bond motifs is 1. The Kier molecular flexibility index (Phi) is 5.19. The summed E-state index contributed by atoms with van der Waals surface area (Å²) in [5, 5.41) is 3.40. The molecule has 0 bridgehead atoms. The number of benzene rings is 1. The van der Waals surface area contributed by atoms with Gasteiger partial charge >= 0.3 is 6.18 Å². The van der Waals surface area contributed by atoms with Crippen LogP contribution in [0, 0.1) is 11.6 Å². The number of aromatic nitrogens is 4. The third-order valence-corrected chi connectivity index (χ3v) is 6.36. The van der Waals surface area contributed by atoms with Gasteiger partial charge in [0.1, 0.15) is 17.3 Å². The highest BCUT2D eigenvalue weighted by Crippen LogP contribution is 2.32. The lowest BCUT2D eigenvalue weighted by atomic mass is 10.1. The molecule has 0 aliphatic carbocycles.